The van der Waals surface area contributed by atoms with Gasteiger partial charge in [0.1, 0.15) is 12.0 Å². The Morgan fingerprint density at radius 2 is 1.85 bits per heavy atom. The van der Waals surface area contributed by atoms with Crippen molar-refractivity contribution < 1.29 is 0 Å². The van der Waals surface area contributed by atoms with Crippen LogP contribution in [0.25, 0.3) is 0 Å². The van der Waals surface area contributed by atoms with Gasteiger partial charge in [0, 0.05) is 16.2 Å². The molecule has 2 rings (SSSR count). The van der Waals surface area contributed by atoms with Gasteiger partial charge in [0.15, 0.2) is 11.6 Å². The van der Waals surface area contributed by atoms with Crippen LogP contribution in [0, 0.1) is 0 Å². The Hall–Kier alpha value is -2.01. The van der Waals surface area contributed by atoms with Crippen LogP contribution in [0.2, 0.25) is 5.02 Å². The van der Waals surface area contributed by atoms with E-state index < -0.39 is 0 Å². The van der Waals surface area contributed by atoms with Crippen LogP contribution in [0.5, 0.6) is 0 Å². The molecule has 0 radical (unpaired) electrons. The lowest BCUT2D eigenvalue weighted by Gasteiger charge is -2.22. The summed E-state index contributed by atoms with van der Waals surface area (Å²) in [6.45, 7) is 6.12. The van der Waals surface area contributed by atoms with Crippen molar-refractivity contribution >= 4 is 34.6 Å². The van der Waals surface area contributed by atoms with Crippen LogP contribution < -0.4 is 16.4 Å². The maximum Gasteiger partial charge on any atom is 0.159 e. The van der Waals surface area contributed by atoms with E-state index >= 15 is 0 Å². The highest BCUT2D eigenvalue weighted by Crippen LogP contribution is 2.28. The number of nitrogens with zero attached hydrogens (tertiary/aromatic N) is 2. The zero-order valence-electron chi connectivity index (χ0n) is 11.7. The number of aromatic nitrogens is 2. The monoisotopic (exact) mass is 291 g/mol. The third-order valence-corrected chi connectivity index (χ3v) is 2.70. The molecule has 0 atom stereocenters. The molecular weight excluding hydrogens is 274 g/mol. The zero-order valence-corrected chi connectivity index (χ0v) is 12.5. The maximum absolute atomic E-state index is 6.09. The first kappa shape index (κ1) is 14.4. The Morgan fingerprint density at radius 1 is 1.15 bits per heavy atom. The summed E-state index contributed by atoms with van der Waals surface area (Å²) in [5.74, 6) is 1.16. The zero-order chi connectivity index (χ0) is 14.8. The molecule has 0 aliphatic carbocycles. The van der Waals surface area contributed by atoms with Gasteiger partial charge >= 0.3 is 0 Å². The number of halogens is 1. The van der Waals surface area contributed by atoms with Gasteiger partial charge in [-0.25, -0.2) is 9.97 Å². The van der Waals surface area contributed by atoms with E-state index in [1.807, 2.05) is 39.0 Å². The molecule has 106 valence electrons. The minimum atomic E-state index is -0.129. The summed E-state index contributed by atoms with van der Waals surface area (Å²) in [5.41, 5.74) is 7.26. The first-order chi connectivity index (χ1) is 9.35. The summed E-state index contributed by atoms with van der Waals surface area (Å²) >= 11 is 5.95. The van der Waals surface area contributed by atoms with E-state index in [0.29, 0.717) is 22.3 Å². The molecule has 0 unspecified atom stereocenters. The lowest BCUT2D eigenvalue weighted by molar-refractivity contribution is 0.630. The van der Waals surface area contributed by atoms with Crippen LogP contribution in [0.1, 0.15) is 20.8 Å². The summed E-state index contributed by atoms with van der Waals surface area (Å²) in [5, 5.41) is 7.03. The third-order valence-electron chi connectivity index (χ3n) is 2.46. The molecule has 2 aromatic rings. The fourth-order valence-electron chi connectivity index (χ4n) is 1.65. The normalized spacial score (nSPS) is 11.2. The number of benzene rings is 1. The van der Waals surface area contributed by atoms with E-state index in [2.05, 4.69) is 20.6 Å². The van der Waals surface area contributed by atoms with Gasteiger partial charge in [-0.2, -0.15) is 0 Å². The van der Waals surface area contributed by atoms with Gasteiger partial charge in [0.2, 0.25) is 0 Å². The summed E-state index contributed by atoms with van der Waals surface area (Å²) in [6.07, 6.45) is 1.47. The minimum absolute atomic E-state index is 0.129. The quantitative estimate of drug-likeness (QED) is 0.804. The fraction of sp³-hybridized carbons (Fsp3) is 0.286. The topological polar surface area (TPSA) is 75.9 Å². The van der Waals surface area contributed by atoms with Crippen LogP contribution in [-0.2, 0) is 0 Å². The first-order valence-corrected chi connectivity index (χ1v) is 6.64. The van der Waals surface area contributed by atoms with Crippen LogP contribution >= 0.6 is 11.6 Å². The number of nitrogens with one attached hydrogen (secondary N) is 2. The molecule has 1 aromatic carbocycles. The first-order valence-electron chi connectivity index (χ1n) is 6.26. The summed E-state index contributed by atoms with van der Waals surface area (Å²) in [7, 11) is 0. The smallest absolute Gasteiger partial charge is 0.159 e. The molecule has 0 saturated heterocycles. The Bertz CT molecular complexity index is 607. The fourth-order valence-corrected chi connectivity index (χ4v) is 1.84. The molecule has 0 amide bonds. The molecule has 0 fully saturated rings. The van der Waals surface area contributed by atoms with Crippen LogP contribution in [-0.4, -0.2) is 15.5 Å². The molecule has 0 spiro atoms. The third kappa shape index (κ3) is 3.74. The van der Waals surface area contributed by atoms with Gasteiger partial charge in [0.25, 0.3) is 0 Å². The van der Waals surface area contributed by atoms with Gasteiger partial charge in [-0.3, -0.25) is 0 Å². The van der Waals surface area contributed by atoms with Gasteiger partial charge < -0.3 is 16.4 Å². The molecule has 5 nitrogen and oxygen atoms in total. The number of rotatable bonds is 3. The van der Waals surface area contributed by atoms with Gasteiger partial charge in [-0.1, -0.05) is 17.7 Å². The highest BCUT2D eigenvalue weighted by molar-refractivity contribution is 6.30. The van der Waals surface area contributed by atoms with Crippen LogP contribution in [0.15, 0.2) is 30.6 Å². The highest BCUT2D eigenvalue weighted by Gasteiger charge is 2.15. The van der Waals surface area contributed by atoms with Crippen molar-refractivity contribution in [3.05, 3.63) is 35.6 Å². The average molecular weight is 292 g/mol. The largest absolute Gasteiger partial charge is 0.393 e. The van der Waals surface area contributed by atoms with Crippen molar-refractivity contribution in [2.75, 3.05) is 16.4 Å². The molecule has 1 aromatic heterocycles. The molecule has 4 N–H and O–H groups in total. The van der Waals surface area contributed by atoms with Gasteiger partial charge in [-0.05, 0) is 39.0 Å². The maximum atomic E-state index is 6.09. The highest BCUT2D eigenvalue weighted by atomic mass is 35.5. The summed E-state index contributed by atoms with van der Waals surface area (Å²) < 4.78 is 0. The van der Waals surface area contributed by atoms with Crippen molar-refractivity contribution in [3.8, 4) is 0 Å². The van der Waals surface area contributed by atoms with Gasteiger partial charge in [0.05, 0.1) is 0 Å². The second-order valence-corrected chi connectivity index (χ2v) is 5.93. The van der Waals surface area contributed by atoms with Gasteiger partial charge in [-0.15, -0.1) is 0 Å². The Morgan fingerprint density at radius 3 is 2.50 bits per heavy atom. The van der Waals surface area contributed by atoms with E-state index in [1.165, 1.54) is 6.33 Å². The second-order valence-electron chi connectivity index (χ2n) is 5.49. The number of hydrogen-bond donors (Lipinski definition) is 3. The van der Waals surface area contributed by atoms with Crippen LogP contribution in [0.4, 0.5) is 23.0 Å². The molecule has 0 bridgehead atoms. The molecule has 0 saturated carbocycles. The van der Waals surface area contributed by atoms with E-state index in [9.17, 15) is 0 Å². The SMILES string of the molecule is CC(C)(C)Nc1ncnc(Nc2cccc(Cl)c2)c1N. The van der Waals surface area contributed by atoms with E-state index in [4.69, 9.17) is 17.3 Å². The standard InChI is InChI=1S/C14H18ClN5/c1-14(2,3)20-13-11(16)12(17-8-18-13)19-10-6-4-5-9(15)7-10/h4-8H,16H2,1-3H3,(H2,17,18,19,20). The van der Waals surface area contributed by atoms with Crippen molar-refractivity contribution in [1.29, 1.82) is 0 Å². The van der Waals surface area contributed by atoms with E-state index in [1.54, 1.807) is 6.07 Å². The molecular formula is C14H18ClN5. The van der Waals surface area contributed by atoms with E-state index in [-0.39, 0.29) is 5.54 Å². The van der Waals surface area contributed by atoms with E-state index in [0.717, 1.165) is 5.69 Å². The molecule has 0 aliphatic rings. The lowest BCUT2D eigenvalue weighted by Crippen LogP contribution is -2.27. The van der Waals surface area contributed by atoms with Crippen molar-refractivity contribution in [1.82, 2.24) is 9.97 Å². The summed E-state index contributed by atoms with van der Waals surface area (Å²) in [6, 6.07) is 7.36. The van der Waals surface area contributed by atoms with Crippen molar-refractivity contribution in [2.45, 2.75) is 26.3 Å². The van der Waals surface area contributed by atoms with Crippen molar-refractivity contribution in [2.24, 2.45) is 0 Å². The average Bonchev–Trinajstić information content (AvgIpc) is 2.33. The number of anilines is 4. The molecule has 1 heterocycles. The molecule has 6 heteroatoms. The molecule has 20 heavy (non-hydrogen) atoms. The Balaban J connectivity index is 2.27. The number of nitrogen functional groups attached to an aromatic ring is 1. The minimum Gasteiger partial charge on any atom is -0.393 e. The summed E-state index contributed by atoms with van der Waals surface area (Å²) in [4.78, 5) is 8.33. The lowest BCUT2D eigenvalue weighted by atomic mass is 10.1. The predicted molar refractivity (Wildman–Crippen MR) is 84.6 cm³/mol. The molecule has 0 aliphatic heterocycles. The van der Waals surface area contributed by atoms with Crippen LogP contribution in [0.3, 0.4) is 0 Å². The van der Waals surface area contributed by atoms with Crippen molar-refractivity contribution in [3.63, 3.8) is 0 Å². The Kier molecular flexibility index (Phi) is 3.99. The number of nitrogens with two attached hydrogens (primary N) is 1. The Labute approximate surface area is 123 Å². The number of hydrogen-bond acceptors (Lipinski definition) is 5. The second kappa shape index (κ2) is 5.54. The predicted octanol–water partition coefficient (Wildman–Crippen LogP) is 3.67.